The molecular formula is C16H16FN3. The number of fused-ring (bicyclic) bond motifs is 1. The predicted octanol–water partition coefficient (Wildman–Crippen LogP) is 3.37. The minimum absolute atomic E-state index is 0.188. The first-order valence-electron chi connectivity index (χ1n) is 6.67. The molecule has 0 saturated carbocycles. The Balaban J connectivity index is 2.12. The molecule has 3 nitrogen and oxygen atoms in total. The number of aryl methyl sites for hydroxylation is 1. The van der Waals surface area contributed by atoms with Gasteiger partial charge < -0.3 is 10.3 Å². The molecule has 3 rings (SSSR count). The molecule has 0 fully saturated rings. The molecule has 2 aromatic carbocycles. The van der Waals surface area contributed by atoms with Gasteiger partial charge in [-0.05, 0) is 24.3 Å². The standard InChI is InChI=1S/C16H16FN3/c1-2-16-19-14-9-12(18)7-8-15(14)20(16)10-11-5-3-4-6-13(11)17/h3-9H,2,10,18H2,1H3. The fourth-order valence-electron chi connectivity index (χ4n) is 2.44. The number of benzene rings is 2. The predicted molar refractivity (Wildman–Crippen MR) is 79.0 cm³/mol. The fraction of sp³-hybridized carbons (Fsp3) is 0.188. The van der Waals surface area contributed by atoms with E-state index in [1.54, 1.807) is 12.1 Å². The molecule has 1 aromatic heterocycles. The van der Waals surface area contributed by atoms with Crippen LogP contribution in [0.15, 0.2) is 42.5 Å². The lowest BCUT2D eigenvalue weighted by Gasteiger charge is -2.09. The maximum absolute atomic E-state index is 13.8. The number of nitrogen functional groups attached to an aromatic ring is 1. The Hall–Kier alpha value is -2.36. The average molecular weight is 269 g/mol. The number of anilines is 1. The van der Waals surface area contributed by atoms with Crippen LogP contribution in [0.5, 0.6) is 0 Å². The molecule has 3 aromatic rings. The Labute approximate surface area is 116 Å². The van der Waals surface area contributed by atoms with Crippen LogP contribution in [-0.4, -0.2) is 9.55 Å². The van der Waals surface area contributed by atoms with Crippen LogP contribution in [0.4, 0.5) is 10.1 Å². The van der Waals surface area contributed by atoms with Crippen molar-refractivity contribution >= 4 is 16.7 Å². The zero-order valence-electron chi connectivity index (χ0n) is 11.3. The molecule has 0 amide bonds. The van der Waals surface area contributed by atoms with Crippen molar-refractivity contribution in [3.8, 4) is 0 Å². The van der Waals surface area contributed by atoms with E-state index in [-0.39, 0.29) is 5.82 Å². The molecule has 0 aliphatic carbocycles. The largest absolute Gasteiger partial charge is 0.399 e. The highest BCUT2D eigenvalue weighted by atomic mass is 19.1. The van der Waals surface area contributed by atoms with E-state index in [2.05, 4.69) is 4.98 Å². The minimum Gasteiger partial charge on any atom is -0.399 e. The molecule has 102 valence electrons. The van der Waals surface area contributed by atoms with Crippen LogP contribution in [0, 0.1) is 5.82 Å². The number of halogens is 1. The zero-order valence-corrected chi connectivity index (χ0v) is 11.3. The number of aromatic nitrogens is 2. The molecule has 0 saturated heterocycles. The first kappa shape index (κ1) is 12.7. The van der Waals surface area contributed by atoms with Crippen molar-refractivity contribution in [2.45, 2.75) is 19.9 Å². The smallest absolute Gasteiger partial charge is 0.128 e. The van der Waals surface area contributed by atoms with Gasteiger partial charge in [-0.1, -0.05) is 25.1 Å². The van der Waals surface area contributed by atoms with Crippen LogP contribution in [0.2, 0.25) is 0 Å². The molecule has 2 N–H and O–H groups in total. The van der Waals surface area contributed by atoms with Gasteiger partial charge in [0.25, 0.3) is 0 Å². The highest BCUT2D eigenvalue weighted by Gasteiger charge is 2.11. The molecule has 0 bridgehead atoms. The van der Waals surface area contributed by atoms with Crippen LogP contribution in [0.25, 0.3) is 11.0 Å². The van der Waals surface area contributed by atoms with Gasteiger partial charge >= 0.3 is 0 Å². The third-order valence-electron chi connectivity index (χ3n) is 3.45. The second-order valence-corrected chi connectivity index (χ2v) is 4.81. The van der Waals surface area contributed by atoms with Crippen molar-refractivity contribution in [3.63, 3.8) is 0 Å². The van der Waals surface area contributed by atoms with Crippen molar-refractivity contribution in [2.24, 2.45) is 0 Å². The van der Waals surface area contributed by atoms with E-state index in [0.29, 0.717) is 17.8 Å². The number of hydrogen-bond acceptors (Lipinski definition) is 2. The zero-order chi connectivity index (χ0) is 14.1. The molecule has 0 spiro atoms. The molecule has 0 aliphatic heterocycles. The number of rotatable bonds is 3. The monoisotopic (exact) mass is 269 g/mol. The summed E-state index contributed by atoms with van der Waals surface area (Å²) in [5.41, 5.74) is 8.99. The van der Waals surface area contributed by atoms with Crippen molar-refractivity contribution in [1.29, 1.82) is 0 Å². The maximum atomic E-state index is 13.8. The van der Waals surface area contributed by atoms with E-state index < -0.39 is 0 Å². The third-order valence-corrected chi connectivity index (χ3v) is 3.45. The summed E-state index contributed by atoms with van der Waals surface area (Å²) in [5.74, 6) is 0.751. The van der Waals surface area contributed by atoms with Gasteiger partial charge in [-0.25, -0.2) is 9.37 Å². The first-order valence-corrected chi connectivity index (χ1v) is 6.67. The maximum Gasteiger partial charge on any atom is 0.128 e. The summed E-state index contributed by atoms with van der Waals surface area (Å²) in [4.78, 5) is 4.58. The summed E-state index contributed by atoms with van der Waals surface area (Å²) >= 11 is 0. The Morgan fingerprint density at radius 2 is 2.00 bits per heavy atom. The molecule has 20 heavy (non-hydrogen) atoms. The normalized spacial score (nSPS) is 11.1. The van der Waals surface area contributed by atoms with E-state index in [1.807, 2.05) is 35.8 Å². The quantitative estimate of drug-likeness (QED) is 0.741. The van der Waals surface area contributed by atoms with Crippen molar-refractivity contribution in [3.05, 3.63) is 59.7 Å². The molecular weight excluding hydrogens is 253 g/mol. The van der Waals surface area contributed by atoms with Crippen LogP contribution in [-0.2, 0) is 13.0 Å². The van der Waals surface area contributed by atoms with Crippen molar-refractivity contribution < 1.29 is 4.39 Å². The number of nitrogens with zero attached hydrogens (tertiary/aromatic N) is 2. The second kappa shape index (κ2) is 4.96. The van der Waals surface area contributed by atoms with Gasteiger partial charge in [0.1, 0.15) is 11.6 Å². The molecule has 0 aliphatic rings. The van der Waals surface area contributed by atoms with Crippen LogP contribution in [0.1, 0.15) is 18.3 Å². The van der Waals surface area contributed by atoms with E-state index >= 15 is 0 Å². The summed E-state index contributed by atoms with van der Waals surface area (Å²) in [6.45, 7) is 2.53. The molecule has 1 heterocycles. The summed E-state index contributed by atoms with van der Waals surface area (Å²) < 4.78 is 15.9. The van der Waals surface area contributed by atoms with Gasteiger partial charge in [-0.2, -0.15) is 0 Å². The second-order valence-electron chi connectivity index (χ2n) is 4.81. The summed E-state index contributed by atoms with van der Waals surface area (Å²) in [6, 6.07) is 12.5. The Bertz CT molecular complexity index is 762. The lowest BCUT2D eigenvalue weighted by atomic mass is 10.2. The van der Waals surface area contributed by atoms with Gasteiger partial charge in [-0.3, -0.25) is 0 Å². The highest BCUT2D eigenvalue weighted by molar-refractivity contribution is 5.79. The van der Waals surface area contributed by atoms with E-state index in [0.717, 1.165) is 23.3 Å². The van der Waals surface area contributed by atoms with Gasteiger partial charge in [0.2, 0.25) is 0 Å². The van der Waals surface area contributed by atoms with E-state index in [1.165, 1.54) is 6.07 Å². The molecule has 0 unspecified atom stereocenters. The van der Waals surface area contributed by atoms with Crippen LogP contribution >= 0.6 is 0 Å². The van der Waals surface area contributed by atoms with E-state index in [9.17, 15) is 4.39 Å². The lowest BCUT2D eigenvalue weighted by Crippen LogP contribution is -2.05. The lowest BCUT2D eigenvalue weighted by molar-refractivity contribution is 0.598. The van der Waals surface area contributed by atoms with Gasteiger partial charge in [0, 0.05) is 17.7 Å². The van der Waals surface area contributed by atoms with E-state index in [4.69, 9.17) is 5.73 Å². The van der Waals surface area contributed by atoms with Crippen molar-refractivity contribution in [1.82, 2.24) is 9.55 Å². The van der Waals surface area contributed by atoms with Gasteiger partial charge in [0.15, 0.2) is 0 Å². The summed E-state index contributed by atoms with van der Waals surface area (Å²) in [6.07, 6.45) is 0.795. The molecule has 0 atom stereocenters. The average Bonchev–Trinajstić information content (AvgIpc) is 2.78. The summed E-state index contributed by atoms with van der Waals surface area (Å²) in [5, 5.41) is 0. The van der Waals surface area contributed by atoms with Crippen molar-refractivity contribution in [2.75, 3.05) is 5.73 Å². The Morgan fingerprint density at radius 3 is 2.75 bits per heavy atom. The first-order chi connectivity index (χ1) is 9.69. The number of nitrogens with two attached hydrogens (primary N) is 1. The third kappa shape index (κ3) is 2.13. The SMILES string of the molecule is CCc1nc2cc(N)ccc2n1Cc1ccccc1F. The number of hydrogen-bond donors (Lipinski definition) is 1. The minimum atomic E-state index is -0.188. The Kier molecular flexibility index (Phi) is 3.14. The van der Waals surface area contributed by atoms with Gasteiger partial charge in [0.05, 0.1) is 17.6 Å². The molecule has 4 heteroatoms. The summed E-state index contributed by atoms with van der Waals surface area (Å²) in [7, 11) is 0. The molecule has 0 radical (unpaired) electrons. The highest BCUT2D eigenvalue weighted by Crippen LogP contribution is 2.21. The number of imidazole rings is 1. The fourth-order valence-corrected chi connectivity index (χ4v) is 2.44. The Morgan fingerprint density at radius 1 is 1.20 bits per heavy atom. The topological polar surface area (TPSA) is 43.8 Å². The van der Waals surface area contributed by atoms with Crippen LogP contribution < -0.4 is 5.73 Å². The van der Waals surface area contributed by atoms with Gasteiger partial charge in [-0.15, -0.1) is 0 Å². The van der Waals surface area contributed by atoms with Crippen LogP contribution in [0.3, 0.4) is 0 Å².